The van der Waals surface area contributed by atoms with E-state index in [1.807, 2.05) is 65.3 Å². The molecule has 0 aliphatic rings. The Morgan fingerprint density at radius 1 is 1.06 bits per heavy atom. The van der Waals surface area contributed by atoms with Crippen molar-refractivity contribution in [2.45, 2.75) is 38.7 Å². The molecular formula is C27H26N2O4. The van der Waals surface area contributed by atoms with Crippen LogP contribution < -0.4 is 0 Å². The van der Waals surface area contributed by atoms with Crippen molar-refractivity contribution in [2.75, 3.05) is 0 Å². The van der Waals surface area contributed by atoms with Crippen molar-refractivity contribution in [1.82, 2.24) is 9.61 Å². The van der Waals surface area contributed by atoms with Crippen LogP contribution in [0.3, 0.4) is 0 Å². The molecule has 4 rings (SSSR count). The number of benzene rings is 2. The van der Waals surface area contributed by atoms with E-state index in [0.29, 0.717) is 0 Å². The standard InChI is InChI=1S/C27H26N2O4/c1-17(2)26-23(13-12-20(30)14-21(31)15-24(32)33)25(18-8-4-3-5-9-18)27-22-11-7-6-10-19(22)16-28-29(26)27/h3-13,16-17,20,30H,14-15H2,1-2H3,(H,32,33)/b13-12+. The lowest BCUT2D eigenvalue weighted by atomic mass is 9.95. The molecule has 2 aromatic carbocycles. The molecule has 6 heteroatoms. The number of aliphatic carboxylic acids is 1. The summed E-state index contributed by atoms with van der Waals surface area (Å²) in [6.45, 7) is 4.19. The summed E-state index contributed by atoms with van der Waals surface area (Å²) in [6.07, 6.45) is 3.34. The second kappa shape index (κ2) is 9.38. The maximum Gasteiger partial charge on any atom is 0.310 e. The van der Waals surface area contributed by atoms with Crippen molar-refractivity contribution >= 4 is 34.1 Å². The maximum atomic E-state index is 11.8. The number of carbonyl (C=O) groups is 2. The highest BCUT2D eigenvalue weighted by Gasteiger charge is 2.23. The van der Waals surface area contributed by atoms with E-state index in [1.165, 1.54) is 0 Å². The van der Waals surface area contributed by atoms with Crippen molar-refractivity contribution in [3.8, 4) is 11.1 Å². The molecule has 2 heterocycles. The molecule has 0 aliphatic carbocycles. The van der Waals surface area contributed by atoms with Gasteiger partial charge in [-0.3, -0.25) is 9.59 Å². The number of fused-ring (bicyclic) bond motifs is 3. The van der Waals surface area contributed by atoms with E-state index in [0.717, 1.165) is 38.7 Å². The van der Waals surface area contributed by atoms with Gasteiger partial charge in [-0.25, -0.2) is 4.52 Å². The molecule has 168 valence electrons. The molecule has 6 nitrogen and oxygen atoms in total. The Morgan fingerprint density at radius 2 is 1.76 bits per heavy atom. The molecule has 0 amide bonds. The summed E-state index contributed by atoms with van der Waals surface area (Å²) in [5, 5.41) is 26.1. The molecule has 4 aromatic rings. The Labute approximate surface area is 191 Å². The van der Waals surface area contributed by atoms with Crippen LogP contribution in [0.5, 0.6) is 0 Å². The average molecular weight is 443 g/mol. The lowest BCUT2D eigenvalue weighted by molar-refractivity contribution is -0.140. The number of rotatable bonds is 8. The predicted octanol–water partition coefficient (Wildman–Crippen LogP) is 5.09. The smallest absolute Gasteiger partial charge is 0.310 e. The van der Waals surface area contributed by atoms with E-state index in [4.69, 9.17) is 10.2 Å². The molecule has 0 bridgehead atoms. The van der Waals surface area contributed by atoms with Gasteiger partial charge < -0.3 is 10.2 Å². The highest BCUT2D eigenvalue weighted by Crippen LogP contribution is 2.40. The van der Waals surface area contributed by atoms with Crippen molar-refractivity contribution in [3.05, 3.63) is 78.1 Å². The highest BCUT2D eigenvalue weighted by atomic mass is 16.4. The second-order valence-electron chi connectivity index (χ2n) is 8.43. The summed E-state index contributed by atoms with van der Waals surface area (Å²) >= 11 is 0. The van der Waals surface area contributed by atoms with Gasteiger partial charge in [-0.1, -0.05) is 80.6 Å². The number of hydrogen-bond donors (Lipinski definition) is 2. The minimum absolute atomic E-state index is 0.133. The molecule has 33 heavy (non-hydrogen) atoms. The summed E-state index contributed by atoms with van der Waals surface area (Å²) in [6, 6.07) is 18.1. The van der Waals surface area contributed by atoms with Gasteiger partial charge in [-0.2, -0.15) is 5.10 Å². The first-order chi connectivity index (χ1) is 15.9. The van der Waals surface area contributed by atoms with Gasteiger partial charge >= 0.3 is 5.97 Å². The summed E-state index contributed by atoms with van der Waals surface area (Å²) in [4.78, 5) is 22.6. The van der Waals surface area contributed by atoms with Gasteiger partial charge in [-0.15, -0.1) is 0 Å². The van der Waals surface area contributed by atoms with Crippen LogP contribution in [0.2, 0.25) is 0 Å². The minimum Gasteiger partial charge on any atom is -0.481 e. The van der Waals surface area contributed by atoms with Crippen molar-refractivity contribution in [2.24, 2.45) is 0 Å². The normalized spacial score (nSPS) is 12.7. The fraction of sp³-hybridized carbons (Fsp3) is 0.222. The third kappa shape index (κ3) is 4.56. The summed E-state index contributed by atoms with van der Waals surface area (Å²) in [5.74, 6) is -1.57. The van der Waals surface area contributed by atoms with E-state index in [-0.39, 0.29) is 12.3 Å². The maximum absolute atomic E-state index is 11.8. The largest absolute Gasteiger partial charge is 0.481 e. The zero-order valence-corrected chi connectivity index (χ0v) is 18.6. The summed E-state index contributed by atoms with van der Waals surface area (Å²) < 4.78 is 1.97. The van der Waals surface area contributed by atoms with E-state index < -0.39 is 24.3 Å². The van der Waals surface area contributed by atoms with Gasteiger partial charge in [0.25, 0.3) is 0 Å². The van der Waals surface area contributed by atoms with Gasteiger partial charge in [0.2, 0.25) is 0 Å². The second-order valence-corrected chi connectivity index (χ2v) is 8.43. The van der Waals surface area contributed by atoms with Crippen LogP contribution in [0.15, 0.2) is 66.9 Å². The molecule has 1 unspecified atom stereocenters. The van der Waals surface area contributed by atoms with Gasteiger partial charge in [0.15, 0.2) is 0 Å². The van der Waals surface area contributed by atoms with E-state index in [2.05, 4.69) is 19.9 Å². The molecule has 0 saturated heterocycles. The molecule has 0 spiro atoms. The fourth-order valence-electron chi connectivity index (χ4n) is 4.28. The van der Waals surface area contributed by atoms with E-state index in [9.17, 15) is 14.7 Å². The van der Waals surface area contributed by atoms with Crippen molar-refractivity contribution in [3.63, 3.8) is 0 Å². The number of hydrogen-bond acceptors (Lipinski definition) is 4. The van der Waals surface area contributed by atoms with Gasteiger partial charge in [0, 0.05) is 28.3 Å². The number of aliphatic hydroxyl groups excluding tert-OH is 1. The Hall–Kier alpha value is -3.77. The van der Waals surface area contributed by atoms with Crippen molar-refractivity contribution < 1.29 is 19.8 Å². The van der Waals surface area contributed by atoms with E-state index >= 15 is 0 Å². The van der Waals surface area contributed by atoms with Gasteiger partial charge in [0.1, 0.15) is 12.2 Å². The third-order valence-electron chi connectivity index (χ3n) is 5.63. The number of ketones is 1. The SMILES string of the molecule is CC(C)c1c(/C=C/C(O)CC(=O)CC(=O)O)c(-c2ccccc2)c2c3ccccc3cnn12. The molecule has 2 aromatic heterocycles. The Balaban J connectivity index is 1.93. The molecular weight excluding hydrogens is 416 g/mol. The quantitative estimate of drug-likeness (QED) is 0.371. The molecule has 0 radical (unpaired) electrons. The first-order valence-electron chi connectivity index (χ1n) is 10.9. The Morgan fingerprint density at radius 3 is 2.45 bits per heavy atom. The lowest BCUT2D eigenvalue weighted by Gasteiger charge is -2.09. The monoisotopic (exact) mass is 442 g/mol. The summed E-state index contributed by atoms with van der Waals surface area (Å²) in [5.41, 5.74) is 4.93. The molecule has 2 N–H and O–H groups in total. The predicted molar refractivity (Wildman–Crippen MR) is 129 cm³/mol. The van der Waals surface area contributed by atoms with Crippen LogP contribution in [0.1, 0.15) is 43.9 Å². The molecule has 1 atom stereocenters. The number of Topliss-reactive ketones (excluding diaryl/α,β-unsaturated/α-hetero) is 1. The van der Waals surface area contributed by atoms with Crippen LogP contribution >= 0.6 is 0 Å². The minimum atomic E-state index is -1.19. The number of carboxylic acids is 1. The fourth-order valence-corrected chi connectivity index (χ4v) is 4.28. The summed E-state index contributed by atoms with van der Waals surface area (Å²) in [7, 11) is 0. The zero-order chi connectivity index (χ0) is 23.5. The molecule has 0 aliphatic heterocycles. The van der Waals surface area contributed by atoms with Crippen LogP contribution in [0, 0.1) is 0 Å². The highest BCUT2D eigenvalue weighted by molar-refractivity contribution is 6.06. The molecule has 0 saturated carbocycles. The van der Waals surface area contributed by atoms with Gasteiger partial charge in [-0.05, 0) is 11.5 Å². The van der Waals surface area contributed by atoms with E-state index in [1.54, 1.807) is 6.08 Å². The Bertz CT molecular complexity index is 1350. The first kappa shape index (κ1) is 22.4. The van der Waals surface area contributed by atoms with Crippen LogP contribution in [-0.4, -0.2) is 37.7 Å². The number of carbonyl (C=O) groups excluding carboxylic acids is 1. The van der Waals surface area contributed by atoms with Crippen molar-refractivity contribution in [1.29, 1.82) is 0 Å². The topological polar surface area (TPSA) is 91.9 Å². The third-order valence-corrected chi connectivity index (χ3v) is 5.63. The number of aliphatic hydroxyl groups is 1. The lowest BCUT2D eigenvalue weighted by Crippen LogP contribution is -2.14. The number of nitrogens with zero attached hydrogens (tertiary/aromatic N) is 2. The Kier molecular flexibility index (Phi) is 6.38. The number of aromatic nitrogens is 2. The van der Waals surface area contributed by atoms with Gasteiger partial charge in [0.05, 0.1) is 23.5 Å². The van der Waals surface area contributed by atoms with Crippen LogP contribution in [0.25, 0.3) is 33.5 Å². The first-order valence-corrected chi connectivity index (χ1v) is 10.9. The zero-order valence-electron chi connectivity index (χ0n) is 18.6. The molecule has 0 fully saturated rings. The van der Waals surface area contributed by atoms with Crippen LogP contribution in [-0.2, 0) is 9.59 Å². The number of carboxylic acid groups (broad SMARTS) is 1. The van der Waals surface area contributed by atoms with Crippen LogP contribution in [0.4, 0.5) is 0 Å². The average Bonchev–Trinajstić information content (AvgIpc) is 3.12.